The second kappa shape index (κ2) is 7.41. The van der Waals surface area contributed by atoms with Gasteiger partial charge in [0.2, 0.25) is 0 Å². The van der Waals surface area contributed by atoms with E-state index in [1.807, 2.05) is 55.5 Å². The van der Waals surface area contributed by atoms with Crippen LogP contribution in [0.1, 0.15) is 11.1 Å². The van der Waals surface area contributed by atoms with Crippen molar-refractivity contribution in [3.05, 3.63) is 71.8 Å². The quantitative estimate of drug-likeness (QED) is 0.298. The van der Waals surface area contributed by atoms with E-state index in [4.69, 9.17) is 0 Å². The van der Waals surface area contributed by atoms with Gasteiger partial charge in [-0.2, -0.15) is 0 Å². The lowest BCUT2D eigenvalue weighted by atomic mass is 9.90. The summed E-state index contributed by atoms with van der Waals surface area (Å²) in [6, 6.07) is 19.7. The van der Waals surface area contributed by atoms with Crippen molar-refractivity contribution in [2.24, 2.45) is 0 Å². The van der Waals surface area contributed by atoms with E-state index in [-0.39, 0.29) is 5.75 Å². The maximum atomic E-state index is 13.4. The van der Waals surface area contributed by atoms with Crippen LogP contribution in [0.2, 0.25) is 19.6 Å². The van der Waals surface area contributed by atoms with Gasteiger partial charge in [0.1, 0.15) is 5.75 Å². The van der Waals surface area contributed by atoms with Gasteiger partial charge in [-0.05, 0) is 58.1 Å². The number of halogens is 3. The van der Waals surface area contributed by atoms with Gasteiger partial charge in [0.25, 0.3) is 0 Å². The molecule has 4 aromatic carbocycles. The summed E-state index contributed by atoms with van der Waals surface area (Å²) in [6.45, 7) is 10.4. The SMILES string of the molecule is Cc1cc(-c2c(OC(F)(F)F)c(C)cc3cc([Si](C)(C)C)ccc23)c2ccccc2c1. The maximum Gasteiger partial charge on any atom is 0.573 e. The van der Waals surface area contributed by atoms with Crippen molar-refractivity contribution in [1.29, 1.82) is 0 Å². The van der Waals surface area contributed by atoms with Crippen LogP contribution in [0.25, 0.3) is 32.7 Å². The fourth-order valence-corrected chi connectivity index (χ4v) is 5.35. The molecule has 0 amide bonds. The Kier molecular flexibility index (Phi) is 5.13. The first-order valence-corrected chi connectivity index (χ1v) is 13.8. The molecule has 0 unspecified atom stereocenters. The molecule has 0 radical (unpaired) electrons. The average molecular weight is 439 g/mol. The monoisotopic (exact) mass is 438 g/mol. The van der Waals surface area contributed by atoms with Crippen LogP contribution in [0.3, 0.4) is 0 Å². The number of hydrogen-bond donors (Lipinski definition) is 0. The molecule has 0 aliphatic rings. The molecule has 5 heteroatoms. The first kappa shape index (κ1) is 21.4. The van der Waals surface area contributed by atoms with Gasteiger partial charge in [-0.25, -0.2) is 0 Å². The number of alkyl halides is 3. The summed E-state index contributed by atoms with van der Waals surface area (Å²) >= 11 is 0. The van der Waals surface area contributed by atoms with Gasteiger partial charge in [-0.3, -0.25) is 0 Å². The minimum atomic E-state index is -4.77. The van der Waals surface area contributed by atoms with Gasteiger partial charge in [-0.1, -0.05) is 79.4 Å². The highest BCUT2D eigenvalue weighted by atomic mass is 28.3. The molecule has 0 aromatic heterocycles. The molecule has 0 heterocycles. The van der Waals surface area contributed by atoms with Crippen LogP contribution in [0, 0.1) is 13.8 Å². The number of rotatable bonds is 3. The molecular formula is C26H25F3OSi. The van der Waals surface area contributed by atoms with Crippen LogP contribution in [-0.2, 0) is 0 Å². The summed E-state index contributed by atoms with van der Waals surface area (Å²) in [5.41, 5.74) is 2.71. The molecule has 0 atom stereocenters. The standard InChI is InChI=1S/C26H25F3OSi/c1-16-12-18-8-6-7-9-21(18)23(13-16)24-22-11-10-20(31(3,4)5)15-19(22)14-17(2)25(24)30-26(27,28)29/h6-15H,1-5H3. The van der Waals surface area contributed by atoms with Crippen LogP contribution >= 0.6 is 0 Å². The summed E-state index contributed by atoms with van der Waals surface area (Å²) in [4.78, 5) is 0. The van der Waals surface area contributed by atoms with E-state index < -0.39 is 14.4 Å². The van der Waals surface area contributed by atoms with Gasteiger partial charge < -0.3 is 4.74 Å². The van der Waals surface area contributed by atoms with Gasteiger partial charge in [0.15, 0.2) is 0 Å². The Bertz CT molecular complexity index is 1300. The molecule has 0 aliphatic carbocycles. The van der Waals surface area contributed by atoms with Crippen molar-refractivity contribution in [2.75, 3.05) is 0 Å². The van der Waals surface area contributed by atoms with Crippen molar-refractivity contribution in [3.8, 4) is 16.9 Å². The van der Waals surface area contributed by atoms with E-state index in [1.165, 1.54) is 5.19 Å². The van der Waals surface area contributed by atoms with Gasteiger partial charge >= 0.3 is 6.36 Å². The van der Waals surface area contributed by atoms with Crippen LogP contribution < -0.4 is 9.92 Å². The Morgan fingerprint density at radius 2 is 1.48 bits per heavy atom. The first-order chi connectivity index (χ1) is 14.4. The molecule has 0 bridgehead atoms. The molecule has 0 fully saturated rings. The zero-order valence-corrected chi connectivity index (χ0v) is 19.3. The molecule has 0 aliphatic heterocycles. The maximum absolute atomic E-state index is 13.4. The third-order valence-electron chi connectivity index (χ3n) is 5.64. The Balaban J connectivity index is 2.15. The number of ether oxygens (including phenoxy) is 1. The highest BCUT2D eigenvalue weighted by Gasteiger charge is 2.34. The van der Waals surface area contributed by atoms with Crippen molar-refractivity contribution in [1.82, 2.24) is 0 Å². The molecule has 0 N–H and O–H groups in total. The predicted octanol–water partition coefficient (Wildman–Crippen LogP) is 7.72. The average Bonchev–Trinajstić information content (AvgIpc) is 2.66. The van der Waals surface area contributed by atoms with Crippen molar-refractivity contribution >= 4 is 34.8 Å². The highest BCUT2D eigenvalue weighted by molar-refractivity contribution is 6.88. The first-order valence-electron chi connectivity index (χ1n) is 10.3. The summed E-state index contributed by atoms with van der Waals surface area (Å²) in [7, 11) is -1.58. The summed E-state index contributed by atoms with van der Waals surface area (Å²) in [6.07, 6.45) is -4.77. The van der Waals surface area contributed by atoms with Crippen LogP contribution in [0.4, 0.5) is 13.2 Å². The van der Waals surface area contributed by atoms with E-state index in [0.29, 0.717) is 11.1 Å². The van der Waals surface area contributed by atoms with Crippen LogP contribution in [-0.4, -0.2) is 14.4 Å². The van der Waals surface area contributed by atoms with Crippen molar-refractivity contribution < 1.29 is 17.9 Å². The minimum absolute atomic E-state index is 0.128. The number of hydrogen-bond acceptors (Lipinski definition) is 1. The molecule has 0 saturated heterocycles. The van der Waals surface area contributed by atoms with E-state index >= 15 is 0 Å². The molecular weight excluding hydrogens is 413 g/mol. The minimum Gasteiger partial charge on any atom is -0.405 e. The Hall–Kier alpha value is -2.79. The molecule has 1 nitrogen and oxygen atoms in total. The molecule has 0 saturated carbocycles. The Morgan fingerprint density at radius 3 is 2.16 bits per heavy atom. The summed E-state index contributed by atoms with van der Waals surface area (Å²) < 4.78 is 44.9. The second-order valence-electron chi connectivity index (χ2n) is 9.16. The smallest absolute Gasteiger partial charge is 0.405 e. The lowest BCUT2D eigenvalue weighted by Gasteiger charge is -2.22. The Morgan fingerprint density at radius 1 is 0.774 bits per heavy atom. The fourth-order valence-electron chi connectivity index (χ4n) is 4.18. The zero-order chi connectivity index (χ0) is 22.6. The normalized spacial score (nSPS) is 12.5. The van der Waals surface area contributed by atoms with E-state index in [1.54, 1.807) is 6.92 Å². The predicted molar refractivity (Wildman–Crippen MR) is 126 cm³/mol. The summed E-state index contributed by atoms with van der Waals surface area (Å²) in [5, 5.41) is 4.87. The van der Waals surface area contributed by atoms with E-state index in [0.717, 1.165) is 32.7 Å². The van der Waals surface area contributed by atoms with E-state index in [9.17, 15) is 13.2 Å². The number of benzene rings is 4. The van der Waals surface area contributed by atoms with E-state index in [2.05, 4.69) is 36.5 Å². The second-order valence-corrected chi connectivity index (χ2v) is 14.2. The molecule has 0 spiro atoms. The molecule has 160 valence electrons. The van der Waals surface area contributed by atoms with Crippen LogP contribution in [0.5, 0.6) is 5.75 Å². The van der Waals surface area contributed by atoms with Crippen molar-refractivity contribution in [2.45, 2.75) is 39.9 Å². The number of aryl methyl sites for hydroxylation is 2. The molecule has 4 aromatic rings. The third kappa shape index (κ3) is 4.19. The number of fused-ring (bicyclic) bond motifs is 2. The lowest BCUT2D eigenvalue weighted by Crippen LogP contribution is -2.37. The van der Waals surface area contributed by atoms with Crippen LogP contribution in [0.15, 0.2) is 60.7 Å². The fraction of sp³-hybridized carbons (Fsp3) is 0.231. The highest BCUT2D eigenvalue weighted by Crippen LogP contribution is 2.44. The lowest BCUT2D eigenvalue weighted by molar-refractivity contribution is -0.274. The van der Waals surface area contributed by atoms with Gasteiger partial charge in [-0.15, -0.1) is 13.2 Å². The van der Waals surface area contributed by atoms with Gasteiger partial charge in [0, 0.05) is 5.56 Å². The topological polar surface area (TPSA) is 9.23 Å². The van der Waals surface area contributed by atoms with Gasteiger partial charge in [0.05, 0.1) is 8.07 Å². The zero-order valence-electron chi connectivity index (χ0n) is 18.3. The molecule has 4 rings (SSSR count). The largest absolute Gasteiger partial charge is 0.573 e. The van der Waals surface area contributed by atoms with Crippen molar-refractivity contribution in [3.63, 3.8) is 0 Å². The Labute approximate surface area is 181 Å². The third-order valence-corrected chi connectivity index (χ3v) is 7.68. The molecule has 31 heavy (non-hydrogen) atoms. The summed E-state index contributed by atoms with van der Waals surface area (Å²) in [5.74, 6) is -0.128.